The van der Waals surface area contributed by atoms with Crippen LogP contribution in [0.25, 0.3) is 0 Å². The Morgan fingerprint density at radius 1 is 1.32 bits per heavy atom. The van der Waals surface area contributed by atoms with Crippen LogP contribution in [-0.2, 0) is 16.1 Å². The minimum atomic E-state index is -0.404. The van der Waals surface area contributed by atoms with Crippen molar-refractivity contribution in [1.29, 1.82) is 0 Å². The number of rotatable bonds is 4. The highest BCUT2D eigenvalue weighted by molar-refractivity contribution is 8.00. The first-order valence-corrected chi connectivity index (χ1v) is 8.66. The van der Waals surface area contributed by atoms with Crippen molar-refractivity contribution in [3.8, 4) is 0 Å². The smallest absolute Gasteiger partial charge is 0.411 e. The molecule has 2 saturated heterocycles. The van der Waals surface area contributed by atoms with Gasteiger partial charge in [-0.2, -0.15) is 0 Å². The van der Waals surface area contributed by atoms with Gasteiger partial charge in [0.1, 0.15) is 12.0 Å². The van der Waals surface area contributed by atoms with E-state index in [1.165, 1.54) is 11.8 Å². The lowest BCUT2D eigenvalue weighted by Crippen LogP contribution is -2.46. The summed E-state index contributed by atoms with van der Waals surface area (Å²) in [7, 11) is 0. The van der Waals surface area contributed by atoms with E-state index in [0.29, 0.717) is 6.54 Å². The van der Waals surface area contributed by atoms with Crippen molar-refractivity contribution in [2.75, 3.05) is 18.8 Å². The highest BCUT2D eigenvalue weighted by Gasteiger charge is 2.39. The Bertz CT molecular complexity index is 531. The number of Topliss-reactive ketones (excluding diaryl/α,β-unsaturated/α-hetero) is 1. The second-order valence-corrected chi connectivity index (χ2v) is 6.70. The van der Waals surface area contributed by atoms with Gasteiger partial charge in [-0.15, -0.1) is 11.8 Å². The van der Waals surface area contributed by atoms with Crippen LogP contribution in [0.5, 0.6) is 0 Å². The maximum Gasteiger partial charge on any atom is 0.411 e. The van der Waals surface area contributed by atoms with Gasteiger partial charge in [0, 0.05) is 12.3 Å². The lowest BCUT2D eigenvalue weighted by molar-refractivity contribution is -0.122. The zero-order valence-corrected chi connectivity index (χ0v) is 13.2. The Balaban J connectivity index is 1.57. The van der Waals surface area contributed by atoms with Crippen molar-refractivity contribution in [3.63, 3.8) is 0 Å². The first-order chi connectivity index (χ1) is 10.8. The van der Waals surface area contributed by atoms with Crippen LogP contribution in [0.3, 0.4) is 0 Å². The molecule has 2 unspecified atom stereocenters. The number of ether oxygens (including phenoxy) is 1. The molecule has 2 atom stereocenters. The van der Waals surface area contributed by atoms with Crippen LogP contribution in [0.1, 0.15) is 18.4 Å². The average molecular weight is 320 g/mol. The second kappa shape index (κ2) is 7.15. The quantitative estimate of drug-likeness (QED) is 0.920. The second-order valence-electron chi connectivity index (χ2n) is 5.51. The van der Waals surface area contributed by atoms with Crippen molar-refractivity contribution < 1.29 is 14.3 Å². The zero-order valence-electron chi connectivity index (χ0n) is 12.4. The number of hydrogen-bond acceptors (Lipinski definition) is 5. The van der Waals surface area contributed by atoms with E-state index >= 15 is 0 Å². The number of carbonyl (C=O) groups is 2. The van der Waals surface area contributed by atoms with Crippen LogP contribution in [0, 0.1) is 0 Å². The van der Waals surface area contributed by atoms with Gasteiger partial charge in [-0.25, -0.2) is 4.79 Å². The molecule has 0 spiro atoms. The third-order valence-corrected chi connectivity index (χ3v) is 5.20. The normalized spacial score (nSPS) is 24.5. The predicted molar refractivity (Wildman–Crippen MR) is 85.6 cm³/mol. The van der Waals surface area contributed by atoms with Gasteiger partial charge in [0.05, 0.1) is 6.04 Å². The topological polar surface area (TPSA) is 58.6 Å². The molecule has 0 bridgehead atoms. The third kappa shape index (κ3) is 3.44. The molecule has 22 heavy (non-hydrogen) atoms. The summed E-state index contributed by atoms with van der Waals surface area (Å²) in [4.78, 5) is 26.3. The van der Waals surface area contributed by atoms with Crippen LogP contribution < -0.4 is 5.32 Å². The summed E-state index contributed by atoms with van der Waals surface area (Å²) in [5, 5.41) is 2.81. The predicted octanol–water partition coefficient (Wildman–Crippen LogP) is 2.02. The molecule has 2 heterocycles. The summed E-state index contributed by atoms with van der Waals surface area (Å²) in [6.07, 6.45) is 1.49. The molecule has 6 heteroatoms. The summed E-state index contributed by atoms with van der Waals surface area (Å²) in [5.41, 5.74) is 0.947. The molecule has 118 valence electrons. The SMILES string of the molecule is O=C(C1CCCN1)C1SCCN1C(=O)OCc1ccccc1. The number of ketones is 1. The van der Waals surface area contributed by atoms with E-state index < -0.39 is 11.5 Å². The Morgan fingerprint density at radius 3 is 2.86 bits per heavy atom. The van der Waals surface area contributed by atoms with Crippen LogP contribution in [0.2, 0.25) is 0 Å². The van der Waals surface area contributed by atoms with Gasteiger partial charge in [-0.05, 0) is 24.9 Å². The molecule has 2 aliphatic heterocycles. The van der Waals surface area contributed by atoms with Crippen LogP contribution >= 0.6 is 11.8 Å². The minimum absolute atomic E-state index is 0.108. The van der Waals surface area contributed by atoms with Gasteiger partial charge in [0.2, 0.25) is 0 Å². The molecule has 2 aliphatic rings. The molecular weight excluding hydrogens is 300 g/mol. The highest BCUT2D eigenvalue weighted by atomic mass is 32.2. The van der Waals surface area contributed by atoms with E-state index in [4.69, 9.17) is 4.74 Å². The lowest BCUT2D eigenvalue weighted by Gasteiger charge is -2.24. The van der Waals surface area contributed by atoms with E-state index in [1.807, 2.05) is 30.3 Å². The molecule has 1 aromatic carbocycles. The number of carbonyl (C=O) groups excluding carboxylic acids is 2. The van der Waals surface area contributed by atoms with Crippen molar-refractivity contribution in [3.05, 3.63) is 35.9 Å². The van der Waals surface area contributed by atoms with Crippen LogP contribution in [0.4, 0.5) is 4.79 Å². The Morgan fingerprint density at radius 2 is 2.14 bits per heavy atom. The molecule has 2 fully saturated rings. The number of nitrogens with zero attached hydrogens (tertiary/aromatic N) is 1. The summed E-state index contributed by atoms with van der Waals surface area (Å²) in [6, 6.07) is 9.46. The van der Waals surface area contributed by atoms with Crippen LogP contribution in [0.15, 0.2) is 30.3 Å². The molecule has 1 N–H and O–H groups in total. The van der Waals surface area contributed by atoms with Gasteiger partial charge in [-0.1, -0.05) is 30.3 Å². The molecule has 1 amide bonds. The maximum absolute atomic E-state index is 12.5. The molecule has 1 aromatic rings. The van der Waals surface area contributed by atoms with Crippen molar-refractivity contribution in [1.82, 2.24) is 10.2 Å². The van der Waals surface area contributed by atoms with Gasteiger partial charge >= 0.3 is 6.09 Å². The molecule has 5 nitrogen and oxygen atoms in total. The minimum Gasteiger partial charge on any atom is -0.445 e. The molecule has 0 saturated carbocycles. The number of thioether (sulfide) groups is 1. The largest absolute Gasteiger partial charge is 0.445 e. The van der Waals surface area contributed by atoms with Crippen molar-refractivity contribution >= 4 is 23.6 Å². The number of nitrogens with one attached hydrogen (secondary N) is 1. The van der Waals surface area contributed by atoms with E-state index in [9.17, 15) is 9.59 Å². The zero-order chi connectivity index (χ0) is 15.4. The first-order valence-electron chi connectivity index (χ1n) is 7.62. The fraction of sp³-hybridized carbons (Fsp3) is 0.500. The maximum atomic E-state index is 12.5. The average Bonchev–Trinajstić information content (AvgIpc) is 3.24. The van der Waals surface area contributed by atoms with E-state index in [-0.39, 0.29) is 18.4 Å². The summed E-state index contributed by atoms with van der Waals surface area (Å²) in [6.45, 7) is 1.69. The fourth-order valence-electron chi connectivity index (χ4n) is 2.79. The molecule has 3 rings (SSSR count). The fourth-order valence-corrected chi connectivity index (χ4v) is 4.02. The Kier molecular flexibility index (Phi) is 5.00. The van der Waals surface area contributed by atoms with Gasteiger partial charge < -0.3 is 10.1 Å². The van der Waals surface area contributed by atoms with E-state index in [0.717, 1.165) is 30.7 Å². The molecule has 0 radical (unpaired) electrons. The highest BCUT2D eigenvalue weighted by Crippen LogP contribution is 2.27. The van der Waals surface area contributed by atoms with Crippen molar-refractivity contribution in [2.45, 2.75) is 30.9 Å². The van der Waals surface area contributed by atoms with Crippen LogP contribution in [-0.4, -0.2) is 47.0 Å². The Labute approximate surface area is 134 Å². The first kappa shape index (κ1) is 15.4. The Hall–Kier alpha value is -1.53. The van der Waals surface area contributed by atoms with Gasteiger partial charge in [-0.3, -0.25) is 9.69 Å². The molecule has 0 aliphatic carbocycles. The number of amides is 1. The van der Waals surface area contributed by atoms with E-state index in [2.05, 4.69) is 5.32 Å². The summed E-state index contributed by atoms with van der Waals surface area (Å²) < 4.78 is 5.36. The third-order valence-electron chi connectivity index (χ3n) is 3.98. The monoisotopic (exact) mass is 320 g/mol. The van der Waals surface area contributed by atoms with Crippen molar-refractivity contribution in [2.24, 2.45) is 0 Å². The van der Waals surface area contributed by atoms with E-state index in [1.54, 1.807) is 4.90 Å². The number of hydrogen-bond donors (Lipinski definition) is 1. The molecule has 0 aromatic heterocycles. The summed E-state index contributed by atoms with van der Waals surface area (Å²) >= 11 is 1.53. The number of benzene rings is 1. The van der Waals surface area contributed by atoms with Gasteiger partial charge in [0.25, 0.3) is 0 Å². The molecular formula is C16H20N2O3S. The summed E-state index contributed by atoms with van der Waals surface area (Å²) in [5.74, 6) is 0.889. The van der Waals surface area contributed by atoms with Gasteiger partial charge in [0.15, 0.2) is 5.78 Å². The lowest BCUT2D eigenvalue weighted by atomic mass is 10.1. The standard InChI is InChI=1S/C16H20N2O3S/c19-14(13-7-4-8-17-13)15-18(9-10-22-15)16(20)21-11-12-5-2-1-3-6-12/h1-3,5-6,13,15,17H,4,7-11H2.